The minimum atomic E-state index is -4.24. The lowest BCUT2D eigenvalue weighted by Crippen LogP contribution is -2.42. The molecule has 0 radical (unpaired) electrons. The molecule has 134 valence electrons. The molecule has 7 heteroatoms. The Labute approximate surface area is 146 Å². The van der Waals surface area contributed by atoms with Crippen LogP contribution < -0.4 is 9.47 Å². The normalized spacial score (nSPS) is 31.1. The van der Waals surface area contributed by atoms with Gasteiger partial charge >= 0.3 is 0 Å². The van der Waals surface area contributed by atoms with Crippen LogP contribution in [0, 0.1) is 16.7 Å². The lowest BCUT2D eigenvalue weighted by Gasteiger charge is -2.34. The van der Waals surface area contributed by atoms with Crippen LogP contribution in [0.25, 0.3) is 6.08 Å². The Kier molecular flexibility index (Phi) is 3.37. The van der Waals surface area contributed by atoms with Gasteiger partial charge in [-0.15, -0.1) is 0 Å². The third-order valence-corrected chi connectivity index (χ3v) is 7.04. The quantitative estimate of drug-likeness (QED) is 0.655. The van der Waals surface area contributed by atoms with Gasteiger partial charge in [0.25, 0.3) is 10.1 Å². The van der Waals surface area contributed by atoms with Crippen LogP contribution >= 0.6 is 0 Å². The van der Waals surface area contributed by atoms with Crippen molar-refractivity contribution in [3.8, 4) is 11.5 Å². The largest absolute Gasteiger partial charge is 0.454 e. The molecule has 3 aliphatic rings. The molecule has 2 atom stereocenters. The number of Topliss-reactive ketones (excluding diaryl/α,β-unsaturated/α-hetero) is 1. The molecule has 1 aromatic rings. The second-order valence-electron chi connectivity index (χ2n) is 7.66. The predicted molar refractivity (Wildman–Crippen MR) is 90.9 cm³/mol. The number of ether oxygens (including phenoxy) is 2. The summed E-state index contributed by atoms with van der Waals surface area (Å²) in [6.07, 6.45) is 3.05. The first-order valence-corrected chi connectivity index (χ1v) is 9.86. The maximum absolute atomic E-state index is 13.1. The van der Waals surface area contributed by atoms with E-state index in [1.165, 1.54) is 0 Å². The van der Waals surface area contributed by atoms with Gasteiger partial charge in [-0.2, -0.15) is 8.42 Å². The summed E-state index contributed by atoms with van der Waals surface area (Å²) in [6.45, 7) is 4.03. The van der Waals surface area contributed by atoms with E-state index in [0.29, 0.717) is 23.5 Å². The van der Waals surface area contributed by atoms with Gasteiger partial charge in [0.2, 0.25) is 6.79 Å². The van der Waals surface area contributed by atoms with Crippen LogP contribution in [0.15, 0.2) is 23.8 Å². The minimum Gasteiger partial charge on any atom is -0.454 e. The summed E-state index contributed by atoms with van der Waals surface area (Å²) >= 11 is 0. The zero-order valence-corrected chi connectivity index (χ0v) is 14.9. The molecule has 2 aliphatic carbocycles. The van der Waals surface area contributed by atoms with Gasteiger partial charge in [0.15, 0.2) is 17.3 Å². The molecule has 0 spiro atoms. The third-order valence-electron chi connectivity index (χ3n) is 6.18. The molecule has 0 amide bonds. The maximum Gasteiger partial charge on any atom is 0.265 e. The molecule has 2 unspecified atom stereocenters. The van der Waals surface area contributed by atoms with Gasteiger partial charge in [-0.25, -0.2) is 0 Å². The first-order valence-electron chi connectivity index (χ1n) is 8.25. The molecule has 0 saturated heterocycles. The second kappa shape index (κ2) is 5.08. The molecule has 2 saturated carbocycles. The van der Waals surface area contributed by atoms with E-state index in [9.17, 15) is 17.8 Å². The molecule has 2 fully saturated rings. The first kappa shape index (κ1) is 16.6. The fraction of sp³-hybridized carbons (Fsp3) is 0.500. The Morgan fingerprint density at radius 3 is 2.72 bits per heavy atom. The Morgan fingerprint density at radius 1 is 1.28 bits per heavy atom. The molecule has 0 aromatic heterocycles. The van der Waals surface area contributed by atoms with Crippen LogP contribution in [0.2, 0.25) is 0 Å². The van der Waals surface area contributed by atoms with Gasteiger partial charge < -0.3 is 9.47 Å². The molecule has 1 aromatic carbocycles. The minimum absolute atomic E-state index is 0.0211. The van der Waals surface area contributed by atoms with Crippen LogP contribution in [0.3, 0.4) is 0 Å². The predicted octanol–water partition coefficient (Wildman–Crippen LogP) is 2.69. The number of rotatable bonds is 3. The molecule has 2 bridgehead atoms. The van der Waals surface area contributed by atoms with Crippen molar-refractivity contribution < 1.29 is 27.2 Å². The van der Waals surface area contributed by atoms with Crippen LogP contribution in [-0.2, 0) is 14.9 Å². The number of benzene rings is 1. The zero-order chi connectivity index (χ0) is 18.0. The van der Waals surface area contributed by atoms with E-state index in [4.69, 9.17) is 9.47 Å². The molecule has 1 N–H and O–H groups in total. The fourth-order valence-corrected chi connectivity index (χ4v) is 6.05. The van der Waals surface area contributed by atoms with Crippen LogP contribution in [-0.4, -0.2) is 31.3 Å². The number of fused-ring (bicyclic) bond motifs is 3. The van der Waals surface area contributed by atoms with E-state index in [-0.39, 0.29) is 18.5 Å². The number of hydrogen-bond donors (Lipinski definition) is 1. The average Bonchev–Trinajstić information content (AvgIpc) is 3.09. The highest BCUT2D eigenvalue weighted by molar-refractivity contribution is 7.85. The Morgan fingerprint density at radius 2 is 2.00 bits per heavy atom. The third kappa shape index (κ3) is 2.33. The Balaban J connectivity index is 1.76. The summed E-state index contributed by atoms with van der Waals surface area (Å²) in [5, 5.41) is 0. The smallest absolute Gasteiger partial charge is 0.265 e. The monoisotopic (exact) mass is 364 g/mol. The summed E-state index contributed by atoms with van der Waals surface area (Å²) in [7, 11) is -4.24. The first-order chi connectivity index (χ1) is 11.6. The molecule has 1 heterocycles. The lowest BCUT2D eigenvalue weighted by molar-refractivity contribution is -0.125. The van der Waals surface area contributed by atoms with Crippen molar-refractivity contribution in [1.82, 2.24) is 0 Å². The average molecular weight is 364 g/mol. The van der Waals surface area contributed by atoms with Gasteiger partial charge in [-0.05, 0) is 47.9 Å². The molecular formula is C18H20O6S. The van der Waals surface area contributed by atoms with Crippen molar-refractivity contribution in [2.45, 2.75) is 26.7 Å². The second-order valence-corrected chi connectivity index (χ2v) is 9.12. The number of carbonyl (C=O) groups is 1. The Bertz CT molecular complexity index is 898. The highest BCUT2D eigenvalue weighted by Crippen LogP contribution is 2.66. The van der Waals surface area contributed by atoms with Crippen LogP contribution in [0.4, 0.5) is 0 Å². The molecule has 1 aliphatic heterocycles. The summed E-state index contributed by atoms with van der Waals surface area (Å²) in [4.78, 5) is 13.1. The van der Waals surface area contributed by atoms with E-state index < -0.39 is 26.7 Å². The van der Waals surface area contributed by atoms with E-state index in [0.717, 1.165) is 12.0 Å². The summed E-state index contributed by atoms with van der Waals surface area (Å²) < 4.78 is 43.2. The number of carbonyl (C=O) groups excluding carboxylic acids is 1. The van der Waals surface area contributed by atoms with Crippen molar-refractivity contribution in [3.63, 3.8) is 0 Å². The maximum atomic E-state index is 13.1. The molecule has 4 rings (SSSR count). The number of hydrogen-bond acceptors (Lipinski definition) is 5. The lowest BCUT2D eigenvalue weighted by atomic mass is 9.70. The van der Waals surface area contributed by atoms with Crippen molar-refractivity contribution in [2.24, 2.45) is 16.7 Å². The topological polar surface area (TPSA) is 89.9 Å². The zero-order valence-electron chi connectivity index (χ0n) is 14.1. The summed E-state index contributed by atoms with van der Waals surface area (Å²) in [5.74, 6) is 0.610. The van der Waals surface area contributed by atoms with Gasteiger partial charge in [0.1, 0.15) is 0 Å². The standard InChI is InChI=1S/C18H20O6S/c1-17(2)13-5-6-18(17,9-25(20,21)22)16(19)12(13)7-11-3-4-14-15(8-11)24-10-23-14/h3-4,7-8,13H,5-6,9-10H2,1-2H3,(H,20,21,22). The SMILES string of the molecule is CC1(C)C2CCC1(CS(=O)(=O)O)C(=O)C2=Cc1ccc2c(c1)OCO2. The number of ketones is 1. The molecule has 6 nitrogen and oxygen atoms in total. The number of allylic oxidation sites excluding steroid dienone is 1. The molecular weight excluding hydrogens is 344 g/mol. The van der Waals surface area contributed by atoms with Crippen molar-refractivity contribution in [1.29, 1.82) is 0 Å². The van der Waals surface area contributed by atoms with Crippen molar-refractivity contribution in [2.75, 3.05) is 12.5 Å². The highest BCUT2D eigenvalue weighted by atomic mass is 32.2. The van der Waals surface area contributed by atoms with Crippen molar-refractivity contribution in [3.05, 3.63) is 29.3 Å². The Hall–Kier alpha value is -1.86. The van der Waals surface area contributed by atoms with Gasteiger partial charge in [0.05, 0.1) is 11.2 Å². The van der Waals surface area contributed by atoms with Gasteiger partial charge in [-0.1, -0.05) is 19.9 Å². The van der Waals surface area contributed by atoms with Crippen molar-refractivity contribution >= 4 is 22.0 Å². The fourth-order valence-electron chi connectivity index (χ4n) is 4.78. The summed E-state index contributed by atoms with van der Waals surface area (Å²) in [5.41, 5.74) is -0.105. The van der Waals surface area contributed by atoms with Gasteiger partial charge in [-0.3, -0.25) is 9.35 Å². The van der Waals surface area contributed by atoms with Crippen LogP contribution in [0.1, 0.15) is 32.3 Å². The summed E-state index contributed by atoms with van der Waals surface area (Å²) in [6, 6.07) is 5.46. The van der Waals surface area contributed by atoms with E-state index >= 15 is 0 Å². The van der Waals surface area contributed by atoms with Crippen LogP contribution in [0.5, 0.6) is 11.5 Å². The van der Waals surface area contributed by atoms with E-state index in [1.54, 1.807) is 6.07 Å². The molecule has 25 heavy (non-hydrogen) atoms. The van der Waals surface area contributed by atoms with Gasteiger partial charge in [0, 0.05) is 5.57 Å². The van der Waals surface area contributed by atoms with E-state index in [2.05, 4.69) is 0 Å². The highest BCUT2D eigenvalue weighted by Gasteiger charge is 2.67. The van der Waals surface area contributed by atoms with E-state index in [1.807, 2.05) is 32.1 Å².